The van der Waals surface area contributed by atoms with Crippen LogP contribution in [0.3, 0.4) is 0 Å². The summed E-state index contributed by atoms with van der Waals surface area (Å²) in [5.41, 5.74) is 1.88. The minimum absolute atomic E-state index is 0.126. The number of nitrogens with zero attached hydrogens (tertiary/aromatic N) is 3. The lowest BCUT2D eigenvalue weighted by molar-refractivity contribution is 0.0303. The Morgan fingerprint density at radius 1 is 1.06 bits per heavy atom. The van der Waals surface area contributed by atoms with Crippen LogP contribution in [0.2, 0.25) is 5.02 Å². The molecule has 35 heavy (non-hydrogen) atoms. The van der Waals surface area contributed by atoms with Gasteiger partial charge in [0.2, 0.25) is 0 Å². The van der Waals surface area contributed by atoms with Crippen molar-refractivity contribution in [2.45, 2.75) is 10.9 Å². The van der Waals surface area contributed by atoms with Gasteiger partial charge in [-0.15, -0.1) is 0 Å². The summed E-state index contributed by atoms with van der Waals surface area (Å²) in [6.45, 7) is 2.04. The molecule has 1 aromatic heterocycles. The average Bonchev–Trinajstić information content (AvgIpc) is 2.87. The molecule has 1 aliphatic heterocycles. The molecule has 5 rings (SSSR count). The van der Waals surface area contributed by atoms with Gasteiger partial charge in [0, 0.05) is 29.4 Å². The van der Waals surface area contributed by atoms with Gasteiger partial charge < -0.3 is 9.64 Å². The van der Waals surface area contributed by atoms with Crippen LogP contribution >= 0.6 is 23.4 Å². The second-order valence-corrected chi connectivity index (χ2v) is 9.45. The molecule has 6 nitrogen and oxygen atoms in total. The Morgan fingerprint density at radius 2 is 1.86 bits per heavy atom. The molecule has 1 aliphatic rings. The molecule has 178 valence electrons. The molecule has 0 saturated carbocycles. The van der Waals surface area contributed by atoms with Crippen LogP contribution in [0.4, 0.5) is 4.39 Å². The van der Waals surface area contributed by atoms with Crippen LogP contribution in [-0.4, -0.2) is 46.7 Å². The third-order valence-corrected chi connectivity index (χ3v) is 6.95. The van der Waals surface area contributed by atoms with Crippen LogP contribution in [0.5, 0.6) is 0 Å². The van der Waals surface area contributed by atoms with Gasteiger partial charge in [-0.1, -0.05) is 41.6 Å². The first-order chi connectivity index (χ1) is 17.0. The number of hydrogen-bond donors (Lipinski definition) is 0. The minimum atomic E-state index is -0.452. The lowest BCUT2D eigenvalue weighted by Crippen LogP contribution is -2.40. The molecule has 3 aromatic carbocycles. The molecular weight excluding hydrogens is 489 g/mol. The summed E-state index contributed by atoms with van der Waals surface area (Å²) in [5.74, 6) is -0.0774. The summed E-state index contributed by atoms with van der Waals surface area (Å²) >= 11 is 7.46. The summed E-state index contributed by atoms with van der Waals surface area (Å²) in [4.78, 5) is 33.0. The molecule has 0 atom stereocenters. The Kier molecular flexibility index (Phi) is 6.86. The van der Waals surface area contributed by atoms with E-state index < -0.39 is 5.82 Å². The van der Waals surface area contributed by atoms with Gasteiger partial charge in [0.25, 0.3) is 11.5 Å². The molecule has 0 unspecified atom stereocenters. The number of thioether (sulfide) groups is 1. The lowest BCUT2D eigenvalue weighted by atomic mass is 10.1. The highest BCUT2D eigenvalue weighted by molar-refractivity contribution is 7.98. The summed E-state index contributed by atoms with van der Waals surface area (Å²) in [7, 11) is 0. The van der Waals surface area contributed by atoms with Gasteiger partial charge in [0.05, 0.1) is 29.8 Å². The number of halogens is 2. The Hall–Kier alpha value is -3.20. The molecule has 0 spiro atoms. The van der Waals surface area contributed by atoms with E-state index >= 15 is 0 Å². The summed E-state index contributed by atoms with van der Waals surface area (Å²) in [5, 5.41) is 1.35. The van der Waals surface area contributed by atoms with E-state index in [0.717, 1.165) is 5.56 Å². The van der Waals surface area contributed by atoms with Gasteiger partial charge in [-0.05, 0) is 54.1 Å². The van der Waals surface area contributed by atoms with Gasteiger partial charge in [0.1, 0.15) is 5.82 Å². The van der Waals surface area contributed by atoms with Crippen molar-refractivity contribution in [1.82, 2.24) is 14.5 Å². The van der Waals surface area contributed by atoms with Crippen molar-refractivity contribution in [2.75, 3.05) is 26.3 Å². The van der Waals surface area contributed by atoms with E-state index in [9.17, 15) is 14.0 Å². The summed E-state index contributed by atoms with van der Waals surface area (Å²) in [6.07, 6.45) is 0. The average molecular weight is 510 g/mol. The second kappa shape index (κ2) is 10.2. The third kappa shape index (κ3) is 5.10. The van der Waals surface area contributed by atoms with Gasteiger partial charge in [-0.3, -0.25) is 14.2 Å². The lowest BCUT2D eigenvalue weighted by Gasteiger charge is -2.26. The number of ether oxygens (including phenoxy) is 1. The largest absolute Gasteiger partial charge is 0.378 e. The number of amides is 1. The number of fused-ring (bicyclic) bond motifs is 1. The fraction of sp³-hybridized carbons (Fsp3) is 0.192. The highest BCUT2D eigenvalue weighted by atomic mass is 35.5. The van der Waals surface area contributed by atoms with Crippen molar-refractivity contribution in [3.8, 4) is 5.69 Å². The molecule has 0 N–H and O–H groups in total. The number of hydrogen-bond acceptors (Lipinski definition) is 5. The zero-order chi connectivity index (χ0) is 24.4. The molecule has 1 saturated heterocycles. The van der Waals surface area contributed by atoms with E-state index in [1.54, 1.807) is 41.3 Å². The predicted octanol–water partition coefficient (Wildman–Crippen LogP) is 4.94. The zero-order valence-electron chi connectivity index (χ0n) is 18.6. The number of morpholine rings is 1. The first kappa shape index (κ1) is 23.5. The molecule has 0 bridgehead atoms. The quantitative estimate of drug-likeness (QED) is 0.281. The number of carbonyl (C=O) groups is 1. The van der Waals surface area contributed by atoms with E-state index in [1.807, 2.05) is 18.2 Å². The molecular formula is C26H21ClFN3O3S. The van der Waals surface area contributed by atoms with Gasteiger partial charge in [-0.25, -0.2) is 9.37 Å². The maximum atomic E-state index is 14.0. The molecule has 2 heterocycles. The van der Waals surface area contributed by atoms with Crippen LogP contribution in [0.15, 0.2) is 76.7 Å². The van der Waals surface area contributed by atoms with Crippen molar-refractivity contribution >= 4 is 40.2 Å². The number of carbonyl (C=O) groups excluding carboxylic acids is 1. The first-order valence-corrected chi connectivity index (χ1v) is 12.4. The molecule has 9 heteroatoms. The molecule has 1 fully saturated rings. The van der Waals surface area contributed by atoms with Crippen LogP contribution in [0.25, 0.3) is 16.6 Å². The van der Waals surface area contributed by atoms with Crippen LogP contribution < -0.4 is 5.56 Å². The van der Waals surface area contributed by atoms with Crippen molar-refractivity contribution in [3.05, 3.63) is 99.1 Å². The highest BCUT2D eigenvalue weighted by Gasteiger charge is 2.20. The third-order valence-electron chi connectivity index (χ3n) is 5.71. The normalized spacial score (nSPS) is 13.8. The van der Waals surface area contributed by atoms with Crippen LogP contribution in [-0.2, 0) is 10.5 Å². The SMILES string of the molecule is O=C(c1ccc2c(=O)n(-c3cccc(F)c3)c(SCc3cccc(Cl)c3)nc2c1)N1CCOCC1. The topological polar surface area (TPSA) is 64.4 Å². The van der Waals surface area contributed by atoms with Crippen molar-refractivity contribution in [1.29, 1.82) is 0 Å². The van der Waals surface area contributed by atoms with Gasteiger partial charge in [-0.2, -0.15) is 0 Å². The standard InChI is InChI=1S/C26H21ClFN3O3S/c27-19-4-1-3-17(13-19)16-35-26-29-23-14-18(24(32)30-9-11-34-12-10-30)7-8-22(23)25(33)31(26)21-6-2-5-20(28)15-21/h1-8,13-15H,9-12,16H2. The Labute approximate surface area is 210 Å². The van der Waals surface area contributed by atoms with Gasteiger partial charge in [0.15, 0.2) is 5.16 Å². The van der Waals surface area contributed by atoms with Crippen LogP contribution in [0, 0.1) is 5.82 Å². The van der Waals surface area contributed by atoms with Crippen molar-refractivity contribution in [3.63, 3.8) is 0 Å². The van der Waals surface area contributed by atoms with Crippen molar-refractivity contribution < 1.29 is 13.9 Å². The van der Waals surface area contributed by atoms with E-state index in [1.165, 1.54) is 28.5 Å². The summed E-state index contributed by atoms with van der Waals surface area (Å²) in [6, 6.07) is 18.2. The Morgan fingerprint density at radius 3 is 2.63 bits per heavy atom. The zero-order valence-corrected chi connectivity index (χ0v) is 20.2. The van der Waals surface area contributed by atoms with Gasteiger partial charge >= 0.3 is 0 Å². The molecule has 1 amide bonds. The fourth-order valence-electron chi connectivity index (χ4n) is 3.96. The minimum Gasteiger partial charge on any atom is -0.378 e. The number of rotatable bonds is 5. The van der Waals surface area contributed by atoms with E-state index in [0.29, 0.717) is 64.4 Å². The maximum absolute atomic E-state index is 14.0. The molecule has 0 radical (unpaired) electrons. The number of aromatic nitrogens is 2. The number of benzene rings is 3. The highest BCUT2D eigenvalue weighted by Crippen LogP contribution is 2.26. The fourth-order valence-corrected chi connectivity index (χ4v) is 5.13. The van der Waals surface area contributed by atoms with E-state index in [2.05, 4.69) is 0 Å². The van der Waals surface area contributed by atoms with E-state index in [4.69, 9.17) is 21.3 Å². The monoisotopic (exact) mass is 509 g/mol. The van der Waals surface area contributed by atoms with Crippen LogP contribution in [0.1, 0.15) is 15.9 Å². The Bertz CT molecular complexity index is 1470. The second-order valence-electron chi connectivity index (χ2n) is 8.07. The Balaban J connectivity index is 1.59. The molecule has 4 aromatic rings. The van der Waals surface area contributed by atoms with Crippen molar-refractivity contribution in [2.24, 2.45) is 0 Å². The molecule has 0 aliphatic carbocycles. The maximum Gasteiger partial charge on any atom is 0.266 e. The van der Waals surface area contributed by atoms with E-state index in [-0.39, 0.29) is 11.5 Å². The smallest absolute Gasteiger partial charge is 0.266 e. The summed E-state index contributed by atoms with van der Waals surface area (Å²) < 4.78 is 20.8. The first-order valence-electron chi connectivity index (χ1n) is 11.1. The predicted molar refractivity (Wildman–Crippen MR) is 135 cm³/mol.